The van der Waals surface area contributed by atoms with Crippen LogP contribution in [0.3, 0.4) is 0 Å². The molecular weight excluding hydrogens is 226 g/mol. The molecule has 4 heteroatoms. The number of oxime groups is 1. The Labute approximate surface area is 99.7 Å². The highest BCUT2D eigenvalue weighted by molar-refractivity contribution is 6.32. The van der Waals surface area contributed by atoms with Crippen molar-refractivity contribution in [2.75, 3.05) is 0 Å². The fourth-order valence-corrected chi connectivity index (χ4v) is 2.16. The van der Waals surface area contributed by atoms with Crippen LogP contribution in [0, 0.1) is 0 Å². The Morgan fingerprint density at radius 2 is 2.25 bits per heavy atom. The van der Waals surface area contributed by atoms with Crippen molar-refractivity contribution < 1.29 is 9.94 Å². The lowest BCUT2D eigenvalue weighted by atomic mass is 9.93. The summed E-state index contributed by atoms with van der Waals surface area (Å²) in [6, 6.07) is 3.68. The van der Waals surface area contributed by atoms with E-state index in [2.05, 4.69) is 19.0 Å². The fourth-order valence-electron chi connectivity index (χ4n) is 1.88. The van der Waals surface area contributed by atoms with Crippen molar-refractivity contribution >= 4 is 17.8 Å². The number of nitrogens with zero attached hydrogens (tertiary/aromatic N) is 1. The summed E-state index contributed by atoms with van der Waals surface area (Å²) < 4.78 is 5.84. The Kier molecular flexibility index (Phi) is 2.80. The molecule has 0 spiro atoms. The second-order valence-corrected chi connectivity index (χ2v) is 5.00. The molecule has 86 valence electrons. The predicted octanol–water partition coefficient (Wildman–Crippen LogP) is 3.25. The summed E-state index contributed by atoms with van der Waals surface area (Å²) in [4.78, 5) is 0. The first-order valence-electron chi connectivity index (χ1n) is 5.21. The Morgan fingerprint density at radius 3 is 2.94 bits per heavy atom. The molecular formula is C12H14ClNO2. The van der Waals surface area contributed by atoms with Gasteiger partial charge in [-0.05, 0) is 49.9 Å². The van der Waals surface area contributed by atoms with E-state index in [4.69, 9.17) is 21.5 Å². The third kappa shape index (κ3) is 2.14. The largest absolute Gasteiger partial charge is 0.486 e. The van der Waals surface area contributed by atoms with Crippen LogP contribution < -0.4 is 4.74 Å². The van der Waals surface area contributed by atoms with E-state index >= 15 is 0 Å². The van der Waals surface area contributed by atoms with Gasteiger partial charge in [0.1, 0.15) is 11.4 Å². The highest BCUT2D eigenvalue weighted by Gasteiger charge is 2.28. The molecule has 1 aromatic rings. The summed E-state index contributed by atoms with van der Waals surface area (Å²) in [7, 11) is 0. The van der Waals surface area contributed by atoms with Crippen LogP contribution in [-0.2, 0) is 6.42 Å². The van der Waals surface area contributed by atoms with Crippen LogP contribution in [0.2, 0.25) is 5.02 Å². The molecule has 0 fully saturated rings. The quantitative estimate of drug-likeness (QED) is 0.464. The van der Waals surface area contributed by atoms with Crippen molar-refractivity contribution in [1.82, 2.24) is 0 Å². The first kappa shape index (κ1) is 11.3. The molecule has 0 bridgehead atoms. The van der Waals surface area contributed by atoms with Crippen LogP contribution in [0.5, 0.6) is 5.75 Å². The van der Waals surface area contributed by atoms with Gasteiger partial charge in [-0.3, -0.25) is 0 Å². The summed E-state index contributed by atoms with van der Waals surface area (Å²) >= 11 is 6.14. The zero-order chi connectivity index (χ0) is 11.8. The first-order chi connectivity index (χ1) is 7.52. The number of halogens is 1. The van der Waals surface area contributed by atoms with Crippen molar-refractivity contribution in [3.05, 3.63) is 28.3 Å². The lowest BCUT2D eigenvalue weighted by Gasteiger charge is -2.33. The number of fused-ring (bicyclic) bond motifs is 1. The number of aryl methyl sites for hydroxylation is 1. The molecule has 1 N–H and O–H groups in total. The van der Waals surface area contributed by atoms with E-state index in [-0.39, 0.29) is 5.60 Å². The zero-order valence-corrected chi connectivity index (χ0v) is 10.1. The Balaban J connectivity index is 2.44. The number of benzene rings is 1. The fraction of sp³-hybridized carbons (Fsp3) is 0.417. The lowest BCUT2D eigenvalue weighted by Crippen LogP contribution is -2.32. The number of ether oxygens (including phenoxy) is 1. The van der Waals surface area contributed by atoms with Gasteiger partial charge in [0.15, 0.2) is 0 Å². The molecule has 0 atom stereocenters. The maximum Gasteiger partial charge on any atom is 0.141 e. The standard InChI is InChI=1S/C12H14ClNO2/c1-12(2)4-3-9-5-8(7-14-15)6-10(13)11(9)16-12/h5-7,15H,3-4H2,1-2H3. The molecule has 0 saturated heterocycles. The molecule has 1 aliphatic rings. The summed E-state index contributed by atoms with van der Waals surface area (Å²) in [6.07, 6.45) is 3.25. The summed E-state index contributed by atoms with van der Waals surface area (Å²) in [6.45, 7) is 4.10. The van der Waals surface area contributed by atoms with E-state index < -0.39 is 0 Å². The normalized spacial score (nSPS) is 18.2. The van der Waals surface area contributed by atoms with Gasteiger partial charge in [-0.1, -0.05) is 16.8 Å². The number of rotatable bonds is 1. The van der Waals surface area contributed by atoms with Crippen molar-refractivity contribution in [3.8, 4) is 5.75 Å². The molecule has 0 aliphatic carbocycles. The molecule has 0 unspecified atom stereocenters. The molecule has 3 nitrogen and oxygen atoms in total. The van der Waals surface area contributed by atoms with E-state index in [0.717, 1.165) is 29.7 Å². The van der Waals surface area contributed by atoms with Gasteiger partial charge in [0.2, 0.25) is 0 Å². The molecule has 1 aromatic carbocycles. The van der Waals surface area contributed by atoms with E-state index in [1.807, 2.05) is 6.07 Å². The molecule has 0 saturated carbocycles. The second-order valence-electron chi connectivity index (χ2n) is 4.60. The van der Waals surface area contributed by atoms with E-state index in [0.29, 0.717) is 5.02 Å². The third-order valence-electron chi connectivity index (χ3n) is 2.72. The minimum Gasteiger partial charge on any atom is -0.486 e. The predicted molar refractivity (Wildman–Crippen MR) is 63.9 cm³/mol. The topological polar surface area (TPSA) is 41.8 Å². The van der Waals surface area contributed by atoms with Crippen molar-refractivity contribution in [2.24, 2.45) is 5.16 Å². The highest BCUT2D eigenvalue weighted by atomic mass is 35.5. The van der Waals surface area contributed by atoms with Gasteiger partial charge >= 0.3 is 0 Å². The summed E-state index contributed by atoms with van der Waals surface area (Å²) in [5.74, 6) is 0.757. The van der Waals surface area contributed by atoms with E-state index in [1.54, 1.807) is 6.07 Å². The van der Waals surface area contributed by atoms with Crippen LogP contribution in [0.4, 0.5) is 0 Å². The zero-order valence-electron chi connectivity index (χ0n) is 9.33. The minimum absolute atomic E-state index is 0.163. The molecule has 2 rings (SSSR count). The average Bonchev–Trinajstić information content (AvgIpc) is 2.19. The molecule has 1 aliphatic heterocycles. The van der Waals surface area contributed by atoms with Crippen LogP contribution in [0.1, 0.15) is 31.4 Å². The van der Waals surface area contributed by atoms with Gasteiger partial charge in [-0.25, -0.2) is 0 Å². The van der Waals surface area contributed by atoms with Crippen LogP contribution in [0.25, 0.3) is 0 Å². The maximum absolute atomic E-state index is 8.49. The van der Waals surface area contributed by atoms with Crippen molar-refractivity contribution in [3.63, 3.8) is 0 Å². The summed E-state index contributed by atoms with van der Waals surface area (Å²) in [5, 5.41) is 12.1. The Morgan fingerprint density at radius 1 is 1.50 bits per heavy atom. The highest BCUT2D eigenvalue weighted by Crippen LogP contribution is 2.38. The van der Waals surface area contributed by atoms with Gasteiger partial charge in [0.05, 0.1) is 11.2 Å². The SMILES string of the molecule is CC1(C)CCc2cc(C=NO)cc(Cl)c2O1. The van der Waals surface area contributed by atoms with Gasteiger partial charge in [0.25, 0.3) is 0 Å². The third-order valence-corrected chi connectivity index (χ3v) is 3.01. The molecule has 1 heterocycles. The lowest BCUT2D eigenvalue weighted by molar-refractivity contribution is 0.0848. The molecule has 0 aromatic heterocycles. The maximum atomic E-state index is 8.49. The van der Waals surface area contributed by atoms with Gasteiger partial charge in [-0.2, -0.15) is 0 Å². The smallest absolute Gasteiger partial charge is 0.141 e. The Bertz CT molecular complexity index is 441. The Hall–Kier alpha value is -1.22. The van der Waals surface area contributed by atoms with Gasteiger partial charge in [-0.15, -0.1) is 0 Å². The van der Waals surface area contributed by atoms with Crippen LogP contribution in [-0.4, -0.2) is 17.0 Å². The second kappa shape index (κ2) is 3.98. The number of hydrogen-bond donors (Lipinski definition) is 1. The average molecular weight is 240 g/mol. The van der Waals surface area contributed by atoms with Gasteiger partial charge in [0, 0.05) is 0 Å². The molecule has 0 amide bonds. The number of hydrogen-bond acceptors (Lipinski definition) is 3. The van der Waals surface area contributed by atoms with E-state index in [1.165, 1.54) is 6.21 Å². The molecule has 0 radical (unpaired) electrons. The first-order valence-corrected chi connectivity index (χ1v) is 5.58. The van der Waals surface area contributed by atoms with Crippen LogP contribution in [0.15, 0.2) is 17.3 Å². The van der Waals surface area contributed by atoms with Crippen LogP contribution >= 0.6 is 11.6 Å². The minimum atomic E-state index is -0.163. The summed E-state index contributed by atoms with van der Waals surface area (Å²) in [5.41, 5.74) is 1.69. The van der Waals surface area contributed by atoms with Crippen molar-refractivity contribution in [2.45, 2.75) is 32.3 Å². The van der Waals surface area contributed by atoms with Crippen molar-refractivity contribution in [1.29, 1.82) is 0 Å². The molecule has 16 heavy (non-hydrogen) atoms. The van der Waals surface area contributed by atoms with Gasteiger partial charge < -0.3 is 9.94 Å². The van der Waals surface area contributed by atoms with E-state index in [9.17, 15) is 0 Å². The monoisotopic (exact) mass is 239 g/mol.